The second-order valence-corrected chi connectivity index (χ2v) is 6.15. The summed E-state index contributed by atoms with van der Waals surface area (Å²) >= 11 is 17.9. The van der Waals surface area contributed by atoms with Crippen LogP contribution in [0.4, 0.5) is 13.2 Å². The lowest BCUT2D eigenvalue weighted by Crippen LogP contribution is -2.15. The van der Waals surface area contributed by atoms with Crippen molar-refractivity contribution in [2.24, 2.45) is 5.73 Å². The number of benzene rings is 1. The van der Waals surface area contributed by atoms with Gasteiger partial charge in [0.15, 0.2) is 0 Å². The number of halogens is 6. The van der Waals surface area contributed by atoms with Crippen LogP contribution in [0.2, 0.25) is 0 Å². The van der Waals surface area contributed by atoms with Crippen molar-refractivity contribution >= 4 is 34.8 Å². The van der Waals surface area contributed by atoms with Crippen molar-refractivity contribution in [1.29, 1.82) is 0 Å². The normalized spacial score (nSPS) is 19.4. The summed E-state index contributed by atoms with van der Waals surface area (Å²) in [7, 11) is 0. The second kappa shape index (κ2) is 6.83. The minimum absolute atomic E-state index is 0.0943. The number of hydrogen-bond acceptors (Lipinski definition) is 1. The SMILES string of the molecule is NCCc1ccc(C2CC=C(Cl)C(Cl)=C2Cl)c(C(F)(F)F)c1. The Labute approximate surface area is 141 Å². The van der Waals surface area contributed by atoms with E-state index >= 15 is 0 Å². The van der Waals surface area contributed by atoms with Gasteiger partial charge >= 0.3 is 6.18 Å². The Bertz CT molecular complexity index is 635. The smallest absolute Gasteiger partial charge is 0.330 e. The summed E-state index contributed by atoms with van der Waals surface area (Å²) < 4.78 is 40.1. The first-order valence-corrected chi connectivity index (χ1v) is 7.70. The van der Waals surface area contributed by atoms with E-state index in [1.165, 1.54) is 6.07 Å². The third-order valence-corrected chi connectivity index (χ3v) is 4.89. The molecule has 0 aromatic heterocycles. The summed E-state index contributed by atoms with van der Waals surface area (Å²) in [6, 6.07) is 4.20. The van der Waals surface area contributed by atoms with E-state index in [9.17, 15) is 13.2 Å². The van der Waals surface area contributed by atoms with Crippen molar-refractivity contribution < 1.29 is 13.2 Å². The Balaban J connectivity index is 2.52. The van der Waals surface area contributed by atoms with Gasteiger partial charge in [-0.3, -0.25) is 0 Å². The maximum absolute atomic E-state index is 13.4. The highest BCUT2D eigenvalue weighted by molar-refractivity contribution is 6.48. The van der Waals surface area contributed by atoms with Gasteiger partial charge in [-0.05, 0) is 36.6 Å². The molecule has 120 valence electrons. The van der Waals surface area contributed by atoms with E-state index in [-0.39, 0.29) is 33.6 Å². The van der Waals surface area contributed by atoms with Crippen LogP contribution < -0.4 is 5.73 Å². The zero-order valence-corrected chi connectivity index (χ0v) is 13.6. The summed E-state index contributed by atoms with van der Waals surface area (Å²) in [6.45, 7) is 0.283. The van der Waals surface area contributed by atoms with Gasteiger partial charge in [0.2, 0.25) is 0 Å². The van der Waals surface area contributed by atoms with Crippen molar-refractivity contribution in [2.75, 3.05) is 6.54 Å². The van der Waals surface area contributed by atoms with E-state index in [2.05, 4.69) is 0 Å². The molecule has 0 saturated heterocycles. The minimum Gasteiger partial charge on any atom is -0.330 e. The molecule has 1 aromatic carbocycles. The average Bonchev–Trinajstić information content (AvgIpc) is 2.45. The number of nitrogens with two attached hydrogens (primary N) is 1. The zero-order valence-electron chi connectivity index (χ0n) is 11.4. The fourth-order valence-corrected chi connectivity index (χ4v) is 3.18. The van der Waals surface area contributed by atoms with Crippen molar-refractivity contribution in [1.82, 2.24) is 0 Å². The summed E-state index contributed by atoms with van der Waals surface area (Å²) in [6.07, 6.45) is -2.25. The quantitative estimate of drug-likeness (QED) is 0.746. The van der Waals surface area contributed by atoms with Crippen LogP contribution in [0, 0.1) is 0 Å². The van der Waals surface area contributed by atoms with Crippen LogP contribution >= 0.6 is 34.8 Å². The lowest BCUT2D eigenvalue weighted by Gasteiger charge is -2.24. The van der Waals surface area contributed by atoms with E-state index in [1.807, 2.05) is 0 Å². The molecule has 0 heterocycles. The first-order valence-electron chi connectivity index (χ1n) is 6.57. The van der Waals surface area contributed by atoms with Crippen LogP contribution in [0.3, 0.4) is 0 Å². The molecule has 1 aliphatic rings. The van der Waals surface area contributed by atoms with Crippen molar-refractivity contribution in [3.8, 4) is 0 Å². The predicted molar refractivity (Wildman–Crippen MR) is 84.2 cm³/mol. The summed E-state index contributed by atoms with van der Waals surface area (Å²) in [5, 5.41) is 0.487. The van der Waals surface area contributed by atoms with E-state index in [1.54, 1.807) is 12.1 Å². The molecule has 1 aliphatic carbocycles. The van der Waals surface area contributed by atoms with Crippen LogP contribution in [-0.2, 0) is 12.6 Å². The third kappa shape index (κ3) is 3.62. The van der Waals surface area contributed by atoms with Gasteiger partial charge in [-0.25, -0.2) is 0 Å². The van der Waals surface area contributed by atoms with E-state index < -0.39 is 17.7 Å². The molecule has 0 radical (unpaired) electrons. The Kier molecular flexibility index (Phi) is 5.49. The number of allylic oxidation sites excluding steroid dienone is 4. The van der Waals surface area contributed by atoms with Gasteiger partial charge in [-0.1, -0.05) is 53.0 Å². The highest BCUT2D eigenvalue weighted by Crippen LogP contribution is 2.46. The molecule has 2 rings (SSSR count). The molecule has 0 bridgehead atoms. The largest absolute Gasteiger partial charge is 0.416 e. The van der Waals surface area contributed by atoms with Gasteiger partial charge in [0, 0.05) is 11.0 Å². The van der Waals surface area contributed by atoms with Crippen LogP contribution in [-0.4, -0.2) is 6.54 Å². The van der Waals surface area contributed by atoms with Crippen LogP contribution in [0.1, 0.15) is 29.0 Å². The van der Waals surface area contributed by atoms with Gasteiger partial charge in [-0.2, -0.15) is 13.2 Å². The third-order valence-electron chi connectivity index (χ3n) is 3.49. The van der Waals surface area contributed by atoms with Gasteiger partial charge in [-0.15, -0.1) is 0 Å². The molecule has 0 fully saturated rings. The lowest BCUT2D eigenvalue weighted by atomic mass is 9.87. The van der Waals surface area contributed by atoms with Gasteiger partial charge in [0.1, 0.15) is 0 Å². The zero-order chi connectivity index (χ0) is 16.5. The Morgan fingerprint density at radius 2 is 1.86 bits per heavy atom. The van der Waals surface area contributed by atoms with E-state index in [0.717, 1.165) is 6.07 Å². The topological polar surface area (TPSA) is 26.0 Å². The molecule has 1 aromatic rings. The molecule has 1 atom stereocenters. The molecule has 1 unspecified atom stereocenters. The lowest BCUT2D eigenvalue weighted by molar-refractivity contribution is -0.138. The average molecular weight is 371 g/mol. The fraction of sp³-hybridized carbons (Fsp3) is 0.333. The first kappa shape index (κ1) is 17.7. The highest BCUT2D eigenvalue weighted by Gasteiger charge is 2.37. The summed E-state index contributed by atoms with van der Waals surface area (Å²) in [5.74, 6) is -0.653. The standard InChI is InChI=1S/C15H13Cl3F3N/c16-12-4-3-10(13(17)14(12)18)9-2-1-8(5-6-22)7-11(9)15(19,20)21/h1-2,4,7,10H,3,5-6,22H2. The monoisotopic (exact) mass is 369 g/mol. The summed E-state index contributed by atoms with van der Waals surface area (Å²) in [4.78, 5) is 0. The Morgan fingerprint density at radius 1 is 1.18 bits per heavy atom. The fourth-order valence-electron chi connectivity index (χ4n) is 2.42. The van der Waals surface area contributed by atoms with Crippen LogP contribution in [0.5, 0.6) is 0 Å². The molecule has 22 heavy (non-hydrogen) atoms. The molecular weight excluding hydrogens is 358 g/mol. The number of hydrogen-bond donors (Lipinski definition) is 1. The van der Waals surface area contributed by atoms with Crippen molar-refractivity contribution in [2.45, 2.75) is 24.9 Å². The van der Waals surface area contributed by atoms with Gasteiger partial charge < -0.3 is 5.73 Å². The van der Waals surface area contributed by atoms with Gasteiger partial charge in [0.05, 0.1) is 15.6 Å². The Morgan fingerprint density at radius 3 is 2.45 bits per heavy atom. The van der Waals surface area contributed by atoms with Crippen LogP contribution in [0.15, 0.2) is 39.4 Å². The first-order chi connectivity index (χ1) is 10.3. The van der Waals surface area contributed by atoms with Crippen LogP contribution in [0.25, 0.3) is 0 Å². The molecular formula is C15H13Cl3F3N. The molecule has 0 amide bonds. The maximum Gasteiger partial charge on any atom is 0.416 e. The molecule has 0 aliphatic heterocycles. The molecule has 2 N–H and O–H groups in total. The van der Waals surface area contributed by atoms with Crippen molar-refractivity contribution in [3.63, 3.8) is 0 Å². The molecule has 0 saturated carbocycles. The second-order valence-electron chi connectivity index (χ2n) is 4.96. The summed E-state index contributed by atoms with van der Waals surface area (Å²) in [5.41, 5.74) is 5.33. The maximum atomic E-state index is 13.4. The molecule has 1 nitrogen and oxygen atoms in total. The molecule has 0 spiro atoms. The Hall–Kier alpha value is -0.680. The molecule has 7 heteroatoms. The number of rotatable bonds is 3. The van der Waals surface area contributed by atoms with E-state index in [0.29, 0.717) is 12.0 Å². The predicted octanol–water partition coefficient (Wildman–Crippen LogP) is 5.51. The minimum atomic E-state index is -4.48. The van der Waals surface area contributed by atoms with Crippen molar-refractivity contribution in [3.05, 3.63) is 56.1 Å². The van der Waals surface area contributed by atoms with E-state index in [4.69, 9.17) is 40.5 Å². The highest BCUT2D eigenvalue weighted by atomic mass is 35.5. The van der Waals surface area contributed by atoms with Gasteiger partial charge in [0.25, 0.3) is 0 Å². The number of alkyl halides is 3.